The minimum absolute atomic E-state index is 0.311. The highest BCUT2D eigenvalue weighted by atomic mass is 16.6. The maximum absolute atomic E-state index is 13.5. The van der Waals surface area contributed by atoms with E-state index in [4.69, 9.17) is 9.47 Å². The molecule has 4 aromatic rings. The summed E-state index contributed by atoms with van der Waals surface area (Å²) in [5, 5.41) is 3.72. The zero-order valence-electron chi connectivity index (χ0n) is 26.8. The maximum Gasteiger partial charge on any atom is 0.340 e. The van der Waals surface area contributed by atoms with E-state index in [1.807, 2.05) is 24.3 Å². The number of unbranched alkanes of at least 4 members (excludes halogenated alkanes) is 2. The Morgan fingerprint density at radius 2 is 1.50 bits per heavy atom. The summed E-state index contributed by atoms with van der Waals surface area (Å²) in [5.74, 6) is 1.14. The lowest BCUT2D eigenvalue weighted by Crippen LogP contribution is -2.33. The normalized spacial score (nSPS) is 16.2. The van der Waals surface area contributed by atoms with Gasteiger partial charge in [-0.25, -0.2) is 4.79 Å². The zero-order valence-corrected chi connectivity index (χ0v) is 26.8. The van der Waals surface area contributed by atoms with Crippen LogP contribution in [-0.2, 0) is 23.2 Å². The number of hydrogen-bond donors (Lipinski definition) is 1. The Kier molecular flexibility index (Phi) is 8.40. The molecule has 1 spiro atoms. The lowest BCUT2D eigenvalue weighted by molar-refractivity contribution is 0.0224. The number of nitrogens with one attached hydrogen (secondary N) is 1. The van der Waals surface area contributed by atoms with Gasteiger partial charge in [0.25, 0.3) is 0 Å². The summed E-state index contributed by atoms with van der Waals surface area (Å²) in [4.78, 5) is 15.9. The van der Waals surface area contributed by atoms with Crippen molar-refractivity contribution in [3.8, 4) is 11.5 Å². The molecule has 0 aliphatic carbocycles. The molecule has 0 radical (unpaired) electrons. The SMILES string of the molecule is CCCCN(CCCC)c1ccc2c(c1)Oc1cc(C)c(Nc3ccc(CC)cc3CC)cc1C21OC(=O)c2ccccc21. The van der Waals surface area contributed by atoms with E-state index in [0.29, 0.717) is 11.3 Å². The first kappa shape index (κ1) is 29.8. The van der Waals surface area contributed by atoms with Crippen molar-refractivity contribution in [3.05, 3.63) is 112 Å². The van der Waals surface area contributed by atoms with Gasteiger partial charge >= 0.3 is 5.97 Å². The number of rotatable bonds is 11. The molecule has 2 aliphatic rings. The molecular weight excluding hydrogens is 544 g/mol. The Bertz CT molecular complexity index is 1690. The molecule has 0 aromatic heterocycles. The third-order valence-corrected chi connectivity index (χ3v) is 9.20. The van der Waals surface area contributed by atoms with Gasteiger partial charge in [-0.05, 0) is 85.7 Å². The third kappa shape index (κ3) is 5.12. The van der Waals surface area contributed by atoms with Crippen molar-refractivity contribution in [1.82, 2.24) is 0 Å². The van der Waals surface area contributed by atoms with E-state index < -0.39 is 5.60 Å². The number of ether oxygens (including phenoxy) is 2. The Morgan fingerprint density at radius 3 is 2.23 bits per heavy atom. The predicted octanol–water partition coefficient (Wildman–Crippen LogP) is 9.84. The summed E-state index contributed by atoms with van der Waals surface area (Å²) >= 11 is 0. The van der Waals surface area contributed by atoms with Gasteiger partial charge in [0.15, 0.2) is 5.60 Å². The smallest absolute Gasteiger partial charge is 0.340 e. The van der Waals surface area contributed by atoms with E-state index in [1.54, 1.807) is 0 Å². The molecule has 1 atom stereocenters. The first-order valence-corrected chi connectivity index (χ1v) is 16.4. The summed E-state index contributed by atoms with van der Waals surface area (Å²) < 4.78 is 13.2. The van der Waals surface area contributed by atoms with Crippen molar-refractivity contribution in [2.45, 2.75) is 78.7 Å². The minimum Gasteiger partial charge on any atom is -0.456 e. The topological polar surface area (TPSA) is 50.8 Å². The molecule has 0 amide bonds. The second kappa shape index (κ2) is 12.4. The van der Waals surface area contributed by atoms with E-state index in [0.717, 1.165) is 96.7 Å². The van der Waals surface area contributed by atoms with Crippen LogP contribution in [0.25, 0.3) is 0 Å². The van der Waals surface area contributed by atoms with Gasteiger partial charge in [-0.1, -0.05) is 70.9 Å². The van der Waals surface area contributed by atoms with Crippen LogP contribution in [0.5, 0.6) is 11.5 Å². The molecule has 0 fully saturated rings. The summed E-state index contributed by atoms with van der Waals surface area (Å²) in [7, 11) is 0. The van der Waals surface area contributed by atoms with Crippen LogP contribution in [0.15, 0.2) is 72.8 Å². The summed E-state index contributed by atoms with van der Waals surface area (Å²) in [6.45, 7) is 12.9. The van der Waals surface area contributed by atoms with Crippen molar-refractivity contribution in [2.75, 3.05) is 23.3 Å². The zero-order chi connectivity index (χ0) is 30.8. The molecule has 2 aliphatic heterocycles. The average Bonchev–Trinajstić information content (AvgIpc) is 3.34. The van der Waals surface area contributed by atoms with Gasteiger partial charge in [-0.3, -0.25) is 0 Å². The molecule has 5 heteroatoms. The second-order valence-electron chi connectivity index (χ2n) is 12.1. The van der Waals surface area contributed by atoms with Crippen molar-refractivity contribution in [1.29, 1.82) is 0 Å². The van der Waals surface area contributed by atoms with Crippen molar-refractivity contribution < 1.29 is 14.3 Å². The molecule has 44 heavy (non-hydrogen) atoms. The third-order valence-electron chi connectivity index (χ3n) is 9.20. The van der Waals surface area contributed by atoms with Gasteiger partial charge in [-0.15, -0.1) is 0 Å². The largest absolute Gasteiger partial charge is 0.456 e. The number of benzene rings is 4. The molecule has 0 bridgehead atoms. The standard InChI is InChI=1S/C39H44N2O3/c1-6-10-20-41(21-11-7-2)29-17-18-32-37(24-29)43-36-22-26(5)35(40-34-19-16-27(8-3)23-28(34)9-4)25-33(36)39(32)31-15-13-12-14-30(31)38(42)44-39/h12-19,22-25,40H,6-11,20-21H2,1-5H3. The highest BCUT2D eigenvalue weighted by Gasteiger charge is 2.53. The number of hydrogen-bond acceptors (Lipinski definition) is 5. The molecule has 6 rings (SSSR count). The molecule has 2 heterocycles. The minimum atomic E-state index is -1.10. The Labute approximate surface area is 262 Å². The summed E-state index contributed by atoms with van der Waals surface area (Å²) in [6.07, 6.45) is 6.49. The van der Waals surface area contributed by atoms with Crippen molar-refractivity contribution >= 4 is 23.0 Å². The van der Waals surface area contributed by atoms with E-state index in [9.17, 15) is 4.79 Å². The first-order valence-electron chi connectivity index (χ1n) is 16.4. The average molecular weight is 589 g/mol. The molecule has 0 saturated heterocycles. The van der Waals surface area contributed by atoms with E-state index in [-0.39, 0.29) is 5.97 Å². The lowest BCUT2D eigenvalue weighted by atomic mass is 9.77. The summed E-state index contributed by atoms with van der Waals surface area (Å²) in [5.41, 5.74) is 8.91. The second-order valence-corrected chi connectivity index (χ2v) is 12.1. The Balaban J connectivity index is 1.50. The number of fused-ring (bicyclic) bond motifs is 6. The highest BCUT2D eigenvalue weighted by Crippen LogP contribution is 2.57. The van der Waals surface area contributed by atoms with Crippen molar-refractivity contribution in [2.24, 2.45) is 0 Å². The van der Waals surface area contributed by atoms with Crippen molar-refractivity contribution in [3.63, 3.8) is 0 Å². The highest BCUT2D eigenvalue weighted by molar-refractivity contribution is 5.97. The fourth-order valence-electron chi connectivity index (χ4n) is 6.63. The van der Waals surface area contributed by atoms with Gasteiger partial charge in [0.2, 0.25) is 0 Å². The lowest BCUT2D eigenvalue weighted by Gasteiger charge is -2.38. The molecule has 4 aromatic carbocycles. The molecule has 228 valence electrons. The first-order chi connectivity index (χ1) is 21.4. The van der Waals surface area contributed by atoms with Crippen LogP contribution in [0.3, 0.4) is 0 Å². The maximum atomic E-state index is 13.5. The predicted molar refractivity (Wildman–Crippen MR) is 180 cm³/mol. The van der Waals surface area contributed by atoms with Crippen LogP contribution >= 0.6 is 0 Å². The Morgan fingerprint density at radius 1 is 0.750 bits per heavy atom. The summed E-state index contributed by atoms with van der Waals surface area (Å²) in [6, 6.07) is 25.1. The Hall–Kier alpha value is -4.25. The van der Waals surface area contributed by atoms with Crippen LogP contribution in [0, 0.1) is 6.92 Å². The molecule has 1 N–H and O–H groups in total. The number of anilines is 3. The molecular formula is C39H44N2O3. The van der Waals surface area contributed by atoms with Crippen LogP contribution in [0.4, 0.5) is 17.1 Å². The van der Waals surface area contributed by atoms with E-state index in [2.05, 4.69) is 93.4 Å². The molecule has 0 saturated carbocycles. The quantitative estimate of drug-likeness (QED) is 0.177. The van der Waals surface area contributed by atoms with Crippen LogP contribution in [0.1, 0.15) is 97.1 Å². The fraction of sp³-hybridized carbons (Fsp3) is 0.359. The molecule has 1 unspecified atom stereocenters. The van der Waals surface area contributed by atoms with Gasteiger partial charge in [0, 0.05) is 52.9 Å². The molecule has 5 nitrogen and oxygen atoms in total. The monoisotopic (exact) mass is 588 g/mol. The van der Waals surface area contributed by atoms with Gasteiger partial charge < -0.3 is 19.7 Å². The number of aryl methyl sites for hydroxylation is 3. The van der Waals surface area contributed by atoms with Crippen LogP contribution in [-0.4, -0.2) is 19.1 Å². The van der Waals surface area contributed by atoms with Crippen LogP contribution in [0.2, 0.25) is 0 Å². The number of esters is 1. The van der Waals surface area contributed by atoms with Crippen LogP contribution < -0.4 is 15.0 Å². The van der Waals surface area contributed by atoms with Gasteiger partial charge in [0.05, 0.1) is 5.56 Å². The number of nitrogens with zero attached hydrogens (tertiary/aromatic N) is 1. The fourth-order valence-corrected chi connectivity index (χ4v) is 6.63. The van der Waals surface area contributed by atoms with E-state index in [1.165, 1.54) is 11.1 Å². The van der Waals surface area contributed by atoms with Gasteiger partial charge in [0.1, 0.15) is 11.5 Å². The number of carbonyl (C=O) groups is 1. The van der Waals surface area contributed by atoms with Gasteiger partial charge in [-0.2, -0.15) is 0 Å². The number of carbonyl (C=O) groups excluding carboxylic acids is 1. The van der Waals surface area contributed by atoms with E-state index >= 15 is 0 Å².